The number of halogens is 1. The minimum Gasteiger partial charge on any atom is -0.389 e. The van der Waals surface area contributed by atoms with Crippen LogP contribution in [0.25, 0.3) is 0 Å². The molecule has 1 saturated heterocycles. The number of benzene rings is 1. The molecule has 98 valence electrons. The molecule has 0 aromatic heterocycles. The van der Waals surface area contributed by atoms with Gasteiger partial charge in [0.15, 0.2) is 0 Å². The molecule has 0 radical (unpaired) electrons. The largest absolute Gasteiger partial charge is 0.389 e. The molecule has 0 spiro atoms. The van der Waals surface area contributed by atoms with Crippen LogP contribution >= 0.6 is 15.9 Å². The van der Waals surface area contributed by atoms with E-state index in [1.807, 2.05) is 18.2 Å². The van der Waals surface area contributed by atoms with E-state index in [0.29, 0.717) is 6.54 Å². The summed E-state index contributed by atoms with van der Waals surface area (Å²) in [6.07, 6.45) is 0.316. The zero-order chi connectivity index (χ0) is 13.3. The number of amides is 1. The molecule has 1 aromatic rings. The lowest BCUT2D eigenvalue weighted by Gasteiger charge is -2.20. The average Bonchev–Trinajstić information content (AvgIpc) is 2.77. The normalized spacial score (nSPS) is 21.1. The lowest BCUT2D eigenvalue weighted by atomic mass is 10.1. The van der Waals surface area contributed by atoms with E-state index in [1.165, 1.54) is 0 Å². The highest BCUT2D eigenvalue weighted by Gasteiger charge is 2.26. The first-order valence-corrected chi connectivity index (χ1v) is 6.80. The molecule has 1 aromatic carbocycles. The maximum absolute atomic E-state index is 11.1. The van der Waals surface area contributed by atoms with Gasteiger partial charge in [-0.05, 0) is 31.0 Å². The number of carbonyl (C=O) groups excluding carboxylic acids is 1. The maximum atomic E-state index is 11.1. The Balaban J connectivity index is 2.16. The molecule has 1 unspecified atom stereocenters. The minimum absolute atomic E-state index is 0.0554. The van der Waals surface area contributed by atoms with Gasteiger partial charge in [0.2, 0.25) is 5.91 Å². The molecule has 1 fully saturated rings. The lowest BCUT2D eigenvalue weighted by molar-refractivity contribution is -0.121. The Morgan fingerprint density at radius 3 is 2.83 bits per heavy atom. The standard InChI is InChI=1S/C13H17BrN2O2/c1-8(17)11-3-2-10(6-12(11)14)16-5-4-9(7-16)13(15)18/h2-3,6,8-9,17H,4-5,7H2,1H3,(H2,15,18)/t8-,9?/m1/s1. The second-order valence-corrected chi connectivity index (χ2v) is 5.57. The molecule has 2 atom stereocenters. The Hall–Kier alpha value is -1.07. The number of anilines is 1. The van der Waals surface area contributed by atoms with E-state index in [4.69, 9.17) is 5.73 Å². The summed E-state index contributed by atoms with van der Waals surface area (Å²) in [5.41, 5.74) is 7.24. The first-order valence-electron chi connectivity index (χ1n) is 6.01. The average molecular weight is 313 g/mol. The molecule has 5 heteroatoms. The summed E-state index contributed by atoms with van der Waals surface area (Å²) in [7, 11) is 0. The third kappa shape index (κ3) is 2.67. The summed E-state index contributed by atoms with van der Waals surface area (Å²) in [4.78, 5) is 13.3. The van der Waals surface area contributed by atoms with Crippen LogP contribution in [0.3, 0.4) is 0 Å². The van der Waals surface area contributed by atoms with Crippen LogP contribution in [0.2, 0.25) is 0 Å². The fourth-order valence-electron chi connectivity index (χ4n) is 2.28. The number of aliphatic hydroxyl groups is 1. The van der Waals surface area contributed by atoms with Crippen molar-refractivity contribution in [2.75, 3.05) is 18.0 Å². The van der Waals surface area contributed by atoms with Crippen LogP contribution in [0, 0.1) is 5.92 Å². The monoisotopic (exact) mass is 312 g/mol. The van der Waals surface area contributed by atoms with Gasteiger partial charge in [0.05, 0.1) is 12.0 Å². The van der Waals surface area contributed by atoms with Crippen LogP contribution in [-0.4, -0.2) is 24.1 Å². The highest BCUT2D eigenvalue weighted by Crippen LogP contribution is 2.30. The van der Waals surface area contributed by atoms with Crippen molar-refractivity contribution in [3.63, 3.8) is 0 Å². The van der Waals surface area contributed by atoms with Crippen LogP contribution in [0.15, 0.2) is 22.7 Å². The highest BCUT2D eigenvalue weighted by molar-refractivity contribution is 9.10. The molecule has 1 aliphatic heterocycles. The van der Waals surface area contributed by atoms with Gasteiger partial charge in [-0.25, -0.2) is 0 Å². The molecule has 0 aliphatic carbocycles. The number of primary amides is 1. The first-order chi connectivity index (χ1) is 8.49. The summed E-state index contributed by atoms with van der Waals surface area (Å²) in [6, 6.07) is 5.85. The van der Waals surface area contributed by atoms with E-state index in [9.17, 15) is 9.90 Å². The van der Waals surface area contributed by atoms with Crippen LogP contribution in [-0.2, 0) is 4.79 Å². The van der Waals surface area contributed by atoms with E-state index in [0.717, 1.165) is 28.7 Å². The van der Waals surface area contributed by atoms with Gasteiger partial charge in [0.1, 0.15) is 0 Å². The van der Waals surface area contributed by atoms with E-state index in [-0.39, 0.29) is 11.8 Å². The summed E-state index contributed by atoms with van der Waals surface area (Å²) in [6.45, 7) is 3.25. The highest BCUT2D eigenvalue weighted by atomic mass is 79.9. The third-order valence-electron chi connectivity index (χ3n) is 3.39. The molecule has 4 nitrogen and oxygen atoms in total. The number of rotatable bonds is 3. The Morgan fingerprint density at radius 1 is 1.61 bits per heavy atom. The topological polar surface area (TPSA) is 66.6 Å². The third-order valence-corrected chi connectivity index (χ3v) is 4.08. The number of hydrogen-bond donors (Lipinski definition) is 2. The molecule has 0 bridgehead atoms. The Morgan fingerprint density at radius 2 is 2.33 bits per heavy atom. The summed E-state index contributed by atoms with van der Waals surface area (Å²) >= 11 is 3.46. The molecule has 0 saturated carbocycles. The number of nitrogens with two attached hydrogens (primary N) is 1. The van der Waals surface area contributed by atoms with Gasteiger partial charge in [-0.3, -0.25) is 4.79 Å². The van der Waals surface area contributed by atoms with Crippen molar-refractivity contribution in [2.45, 2.75) is 19.4 Å². The molecule has 1 heterocycles. The second kappa shape index (κ2) is 5.28. The molecule has 1 aliphatic rings. The van der Waals surface area contributed by atoms with E-state index in [2.05, 4.69) is 20.8 Å². The number of nitrogens with zero attached hydrogens (tertiary/aromatic N) is 1. The van der Waals surface area contributed by atoms with Crippen LogP contribution in [0.1, 0.15) is 25.0 Å². The summed E-state index contributed by atoms with van der Waals surface area (Å²) < 4.78 is 0.887. The van der Waals surface area contributed by atoms with Crippen LogP contribution in [0.4, 0.5) is 5.69 Å². The number of aliphatic hydroxyl groups excluding tert-OH is 1. The van der Waals surface area contributed by atoms with Crippen molar-refractivity contribution in [3.05, 3.63) is 28.2 Å². The fourth-order valence-corrected chi connectivity index (χ4v) is 2.98. The zero-order valence-electron chi connectivity index (χ0n) is 10.3. The zero-order valence-corrected chi connectivity index (χ0v) is 11.9. The van der Waals surface area contributed by atoms with Gasteiger partial charge in [-0.15, -0.1) is 0 Å². The smallest absolute Gasteiger partial charge is 0.222 e. The molecular formula is C13H17BrN2O2. The molecule has 18 heavy (non-hydrogen) atoms. The predicted octanol–water partition coefficient (Wildman–Crippen LogP) is 1.81. The summed E-state index contributed by atoms with van der Waals surface area (Å²) in [5, 5.41) is 9.57. The van der Waals surface area contributed by atoms with E-state index < -0.39 is 6.10 Å². The Labute approximate surface area is 115 Å². The molecule has 3 N–H and O–H groups in total. The number of carbonyl (C=O) groups is 1. The van der Waals surface area contributed by atoms with Crippen molar-refractivity contribution in [3.8, 4) is 0 Å². The van der Waals surface area contributed by atoms with Gasteiger partial charge in [0, 0.05) is 23.2 Å². The predicted molar refractivity (Wildman–Crippen MR) is 74.3 cm³/mol. The molecule has 2 rings (SSSR count). The summed E-state index contributed by atoms with van der Waals surface area (Å²) in [5.74, 6) is -0.280. The number of hydrogen-bond acceptors (Lipinski definition) is 3. The Kier molecular flexibility index (Phi) is 3.92. The maximum Gasteiger partial charge on any atom is 0.222 e. The van der Waals surface area contributed by atoms with Crippen molar-refractivity contribution in [1.29, 1.82) is 0 Å². The van der Waals surface area contributed by atoms with E-state index >= 15 is 0 Å². The SMILES string of the molecule is C[C@@H](O)c1ccc(N2CCC(C(N)=O)C2)cc1Br. The minimum atomic E-state index is -0.495. The fraction of sp³-hybridized carbons (Fsp3) is 0.462. The van der Waals surface area contributed by atoms with Gasteiger partial charge >= 0.3 is 0 Å². The van der Waals surface area contributed by atoms with E-state index in [1.54, 1.807) is 6.92 Å². The second-order valence-electron chi connectivity index (χ2n) is 4.72. The van der Waals surface area contributed by atoms with Gasteiger partial charge in [0.25, 0.3) is 0 Å². The molecular weight excluding hydrogens is 296 g/mol. The van der Waals surface area contributed by atoms with Gasteiger partial charge in [-0.2, -0.15) is 0 Å². The van der Waals surface area contributed by atoms with Crippen molar-refractivity contribution in [1.82, 2.24) is 0 Å². The molecule has 1 amide bonds. The van der Waals surface area contributed by atoms with Crippen LogP contribution in [0.5, 0.6) is 0 Å². The van der Waals surface area contributed by atoms with Crippen molar-refractivity contribution >= 4 is 27.5 Å². The Bertz CT molecular complexity index is 462. The first kappa shape index (κ1) is 13.4. The quantitative estimate of drug-likeness (QED) is 0.894. The van der Waals surface area contributed by atoms with Gasteiger partial charge < -0.3 is 15.7 Å². The van der Waals surface area contributed by atoms with Crippen molar-refractivity contribution in [2.24, 2.45) is 11.7 Å². The van der Waals surface area contributed by atoms with Crippen molar-refractivity contribution < 1.29 is 9.90 Å². The lowest BCUT2D eigenvalue weighted by Crippen LogP contribution is -2.27. The van der Waals surface area contributed by atoms with Gasteiger partial charge in [-0.1, -0.05) is 22.0 Å². The van der Waals surface area contributed by atoms with Crippen LogP contribution < -0.4 is 10.6 Å².